The Morgan fingerprint density at radius 1 is 1.07 bits per heavy atom. The molecule has 1 aromatic heterocycles. The summed E-state index contributed by atoms with van der Waals surface area (Å²) in [5.41, 5.74) is 4.44. The van der Waals surface area contributed by atoms with E-state index in [2.05, 4.69) is 54.2 Å². The van der Waals surface area contributed by atoms with Gasteiger partial charge in [0.1, 0.15) is 0 Å². The maximum Gasteiger partial charge on any atom is 0.0484 e. The molecule has 1 heterocycles. The molecule has 1 aliphatic carbocycles. The normalized spacial score (nSPS) is 19.1. The lowest BCUT2D eigenvalue weighted by molar-refractivity contribution is 0.627. The molecule has 15 heavy (non-hydrogen) atoms. The summed E-state index contributed by atoms with van der Waals surface area (Å²) in [6, 6.07) is 10.8. The summed E-state index contributed by atoms with van der Waals surface area (Å²) in [7, 11) is 0. The zero-order valence-corrected chi connectivity index (χ0v) is 8.98. The maximum absolute atomic E-state index is 2.33. The van der Waals surface area contributed by atoms with Crippen LogP contribution >= 0.6 is 0 Å². The first-order chi connectivity index (χ1) is 7.34. The van der Waals surface area contributed by atoms with Crippen LogP contribution in [0.3, 0.4) is 0 Å². The van der Waals surface area contributed by atoms with Crippen LogP contribution < -0.4 is 0 Å². The Bertz CT molecular complexity index is 468. The summed E-state index contributed by atoms with van der Waals surface area (Å²) in [5, 5.41) is 0. The highest BCUT2D eigenvalue weighted by Crippen LogP contribution is 2.30. The van der Waals surface area contributed by atoms with E-state index in [9.17, 15) is 0 Å². The third-order valence-corrected chi connectivity index (χ3v) is 3.25. The van der Waals surface area contributed by atoms with Gasteiger partial charge in [0.2, 0.25) is 0 Å². The highest BCUT2D eigenvalue weighted by Gasteiger charge is 2.20. The zero-order chi connectivity index (χ0) is 10.3. The second-order valence-electron chi connectivity index (χ2n) is 4.52. The molecule has 76 valence electrons. The first-order valence-corrected chi connectivity index (χ1v) is 5.58. The largest absolute Gasteiger partial charge is 0.324 e. The fourth-order valence-electron chi connectivity index (χ4n) is 2.58. The maximum atomic E-state index is 2.33. The molecule has 0 bridgehead atoms. The molecule has 1 atom stereocenters. The molecule has 1 nitrogen and oxygen atoms in total. The minimum absolute atomic E-state index is 0.803. The minimum Gasteiger partial charge on any atom is -0.324 e. The van der Waals surface area contributed by atoms with Gasteiger partial charge < -0.3 is 4.57 Å². The van der Waals surface area contributed by atoms with Crippen molar-refractivity contribution in [3.8, 4) is 5.69 Å². The average molecular weight is 197 g/mol. The average Bonchev–Trinajstić information content (AvgIpc) is 2.82. The van der Waals surface area contributed by atoms with Crippen molar-refractivity contribution in [1.82, 2.24) is 4.57 Å². The molecule has 0 saturated carbocycles. The Morgan fingerprint density at radius 3 is 2.67 bits per heavy atom. The lowest BCUT2D eigenvalue weighted by Gasteiger charge is -2.09. The molecular weight excluding hydrogens is 182 g/mol. The van der Waals surface area contributed by atoms with E-state index in [0.29, 0.717) is 0 Å². The SMILES string of the molecule is CC1Cc2cccc(-n3cccc3)c2C1. The molecule has 0 N–H and O–H groups in total. The highest BCUT2D eigenvalue weighted by molar-refractivity contribution is 5.49. The van der Waals surface area contributed by atoms with E-state index < -0.39 is 0 Å². The van der Waals surface area contributed by atoms with Crippen LogP contribution in [0.4, 0.5) is 0 Å². The number of fused-ring (bicyclic) bond motifs is 1. The van der Waals surface area contributed by atoms with Gasteiger partial charge in [-0.15, -0.1) is 0 Å². The molecule has 1 unspecified atom stereocenters. The summed E-state index contributed by atoms with van der Waals surface area (Å²) in [5.74, 6) is 0.803. The fraction of sp³-hybridized carbons (Fsp3) is 0.286. The van der Waals surface area contributed by atoms with Crippen molar-refractivity contribution in [2.75, 3.05) is 0 Å². The second-order valence-corrected chi connectivity index (χ2v) is 4.52. The number of hydrogen-bond acceptors (Lipinski definition) is 0. The van der Waals surface area contributed by atoms with E-state index in [4.69, 9.17) is 0 Å². The van der Waals surface area contributed by atoms with Gasteiger partial charge in [0.15, 0.2) is 0 Å². The van der Waals surface area contributed by atoms with Crippen molar-refractivity contribution >= 4 is 0 Å². The van der Waals surface area contributed by atoms with Crippen molar-refractivity contribution in [3.63, 3.8) is 0 Å². The Balaban J connectivity index is 2.15. The molecule has 1 heteroatoms. The van der Waals surface area contributed by atoms with Crippen molar-refractivity contribution in [1.29, 1.82) is 0 Å². The van der Waals surface area contributed by atoms with Gasteiger partial charge in [0.25, 0.3) is 0 Å². The number of hydrogen-bond donors (Lipinski definition) is 0. The predicted molar refractivity (Wildman–Crippen MR) is 62.3 cm³/mol. The van der Waals surface area contributed by atoms with Crippen LogP contribution in [0.5, 0.6) is 0 Å². The molecular formula is C14H15N. The van der Waals surface area contributed by atoms with Gasteiger partial charge >= 0.3 is 0 Å². The Morgan fingerprint density at radius 2 is 1.87 bits per heavy atom. The minimum atomic E-state index is 0.803. The molecule has 1 aromatic carbocycles. The summed E-state index contributed by atoms with van der Waals surface area (Å²) in [6.07, 6.45) is 6.71. The van der Waals surface area contributed by atoms with Crippen LogP contribution in [0, 0.1) is 5.92 Å². The lowest BCUT2D eigenvalue weighted by Crippen LogP contribution is -1.96. The lowest BCUT2D eigenvalue weighted by atomic mass is 10.1. The monoisotopic (exact) mass is 197 g/mol. The molecule has 1 aliphatic rings. The summed E-state index contributed by atoms with van der Waals surface area (Å²) < 4.78 is 2.22. The third-order valence-electron chi connectivity index (χ3n) is 3.25. The standard InChI is InChI=1S/C14H15N/c1-11-9-12-5-4-6-14(13(12)10-11)15-7-2-3-8-15/h2-8,11H,9-10H2,1H3. The first-order valence-electron chi connectivity index (χ1n) is 5.58. The van der Waals surface area contributed by atoms with Gasteiger partial charge in [0.05, 0.1) is 0 Å². The van der Waals surface area contributed by atoms with E-state index in [1.807, 2.05) is 0 Å². The van der Waals surface area contributed by atoms with E-state index in [1.54, 1.807) is 5.56 Å². The topological polar surface area (TPSA) is 4.93 Å². The van der Waals surface area contributed by atoms with Crippen LogP contribution in [0.15, 0.2) is 42.7 Å². The molecule has 0 amide bonds. The van der Waals surface area contributed by atoms with Gasteiger partial charge in [-0.25, -0.2) is 0 Å². The summed E-state index contributed by atoms with van der Waals surface area (Å²) in [4.78, 5) is 0. The van der Waals surface area contributed by atoms with Gasteiger partial charge in [-0.2, -0.15) is 0 Å². The molecule has 0 radical (unpaired) electrons. The Hall–Kier alpha value is -1.50. The van der Waals surface area contributed by atoms with E-state index in [1.165, 1.54) is 24.1 Å². The first kappa shape index (κ1) is 8.78. The summed E-state index contributed by atoms with van der Waals surface area (Å²) in [6.45, 7) is 2.33. The number of benzene rings is 1. The van der Waals surface area contributed by atoms with Crippen LogP contribution in [0.25, 0.3) is 5.69 Å². The predicted octanol–water partition coefficient (Wildman–Crippen LogP) is 3.21. The Kier molecular flexibility index (Phi) is 1.91. The van der Waals surface area contributed by atoms with Gasteiger partial charge in [-0.05, 0) is 48.1 Å². The number of nitrogens with zero attached hydrogens (tertiary/aromatic N) is 1. The Labute approximate surface area is 90.4 Å². The van der Waals surface area contributed by atoms with E-state index >= 15 is 0 Å². The molecule has 0 aliphatic heterocycles. The van der Waals surface area contributed by atoms with Gasteiger partial charge in [-0.1, -0.05) is 19.1 Å². The molecule has 3 rings (SSSR count). The smallest absolute Gasteiger partial charge is 0.0484 e. The second kappa shape index (κ2) is 3.27. The zero-order valence-electron chi connectivity index (χ0n) is 8.98. The van der Waals surface area contributed by atoms with Gasteiger partial charge in [0, 0.05) is 18.1 Å². The molecule has 0 fully saturated rings. The van der Waals surface area contributed by atoms with Crippen molar-refractivity contribution in [2.45, 2.75) is 19.8 Å². The van der Waals surface area contributed by atoms with Crippen LogP contribution in [-0.4, -0.2) is 4.57 Å². The molecule has 2 aromatic rings. The quantitative estimate of drug-likeness (QED) is 0.661. The third kappa shape index (κ3) is 1.39. The summed E-state index contributed by atoms with van der Waals surface area (Å²) >= 11 is 0. The van der Waals surface area contributed by atoms with Crippen LogP contribution in [0.2, 0.25) is 0 Å². The van der Waals surface area contributed by atoms with Gasteiger partial charge in [-0.3, -0.25) is 0 Å². The fourth-order valence-corrected chi connectivity index (χ4v) is 2.58. The van der Waals surface area contributed by atoms with Crippen molar-refractivity contribution in [2.24, 2.45) is 5.92 Å². The van der Waals surface area contributed by atoms with Crippen LogP contribution in [0.1, 0.15) is 18.1 Å². The van der Waals surface area contributed by atoms with Crippen LogP contribution in [-0.2, 0) is 12.8 Å². The van der Waals surface area contributed by atoms with E-state index in [0.717, 1.165) is 5.92 Å². The van der Waals surface area contributed by atoms with Crippen molar-refractivity contribution < 1.29 is 0 Å². The number of rotatable bonds is 1. The molecule has 0 spiro atoms. The highest BCUT2D eigenvalue weighted by atomic mass is 14.9. The van der Waals surface area contributed by atoms with E-state index in [-0.39, 0.29) is 0 Å². The molecule has 0 saturated heterocycles. The van der Waals surface area contributed by atoms with Crippen molar-refractivity contribution in [3.05, 3.63) is 53.9 Å². The number of aromatic nitrogens is 1.